The third-order valence-electron chi connectivity index (χ3n) is 6.10. The number of hydrogen-bond donors (Lipinski definition) is 1. The molecule has 0 radical (unpaired) electrons. The molecule has 1 aromatic carbocycles. The first-order chi connectivity index (χ1) is 14.5. The Balaban J connectivity index is 1.47. The summed E-state index contributed by atoms with van der Waals surface area (Å²) in [5.41, 5.74) is 3.71. The number of aromatic carboxylic acids is 1. The Morgan fingerprint density at radius 3 is 2.70 bits per heavy atom. The molecule has 6 heteroatoms. The van der Waals surface area contributed by atoms with Gasteiger partial charge in [-0.25, -0.2) is 9.78 Å². The first-order valence-corrected chi connectivity index (χ1v) is 10.6. The SMILES string of the molecule is COc1ccc(CN2CCC(c3cn(C(C)C)c4ncccc34)CC2)cc1C(=O)O. The molecular weight excluding hydrogens is 378 g/mol. The molecular formula is C24H29N3O3. The fourth-order valence-electron chi connectivity index (χ4n) is 4.51. The lowest BCUT2D eigenvalue weighted by Gasteiger charge is -2.32. The molecule has 1 aliphatic rings. The van der Waals surface area contributed by atoms with Gasteiger partial charge in [-0.1, -0.05) is 6.07 Å². The molecule has 1 saturated heterocycles. The summed E-state index contributed by atoms with van der Waals surface area (Å²) >= 11 is 0. The van der Waals surface area contributed by atoms with Gasteiger partial charge in [-0.2, -0.15) is 0 Å². The normalized spacial score (nSPS) is 15.7. The summed E-state index contributed by atoms with van der Waals surface area (Å²) in [5.74, 6) is -0.0268. The van der Waals surface area contributed by atoms with Crippen molar-refractivity contribution in [1.82, 2.24) is 14.5 Å². The third-order valence-corrected chi connectivity index (χ3v) is 6.10. The Bertz CT molecular complexity index is 1050. The van der Waals surface area contributed by atoms with E-state index in [-0.39, 0.29) is 5.56 Å². The van der Waals surface area contributed by atoms with Crippen LogP contribution >= 0.6 is 0 Å². The molecule has 0 aliphatic carbocycles. The zero-order chi connectivity index (χ0) is 21.3. The molecule has 30 heavy (non-hydrogen) atoms. The quantitative estimate of drug-likeness (QED) is 0.641. The molecule has 158 valence electrons. The number of methoxy groups -OCH3 is 1. The lowest BCUT2D eigenvalue weighted by Crippen LogP contribution is -2.32. The second kappa shape index (κ2) is 8.48. The predicted octanol–water partition coefficient (Wildman–Crippen LogP) is 4.70. The van der Waals surface area contributed by atoms with E-state index in [1.807, 2.05) is 18.3 Å². The van der Waals surface area contributed by atoms with Crippen LogP contribution in [-0.4, -0.2) is 45.7 Å². The Kier molecular flexibility index (Phi) is 5.77. The lowest BCUT2D eigenvalue weighted by molar-refractivity contribution is 0.0693. The van der Waals surface area contributed by atoms with E-state index in [1.165, 1.54) is 18.1 Å². The topological polar surface area (TPSA) is 67.6 Å². The van der Waals surface area contributed by atoms with Gasteiger partial charge in [0.2, 0.25) is 0 Å². The van der Waals surface area contributed by atoms with Gasteiger partial charge in [0.25, 0.3) is 0 Å². The van der Waals surface area contributed by atoms with Crippen LogP contribution in [0.4, 0.5) is 0 Å². The standard InChI is InChI=1S/C24H29N3O3/c1-16(2)27-15-21(19-5-4-10-25-23(19)27)18-8-11-26(12-9-18)14-17-6-7-22(30-3)20(13-17)24(28)29/h4-7,10,13,15-16,18H,8-9,11-12,14H2,1-3H3,(H,28,29). The van der Waals surface area contributed by atoms with Crippen molar-refractivity contribution in [2.75, 3.05) is 20.2 Å². The first-order valence-electron chi connectivity index (χ1n) is 10.6. The van der Waals surface area contributed by atoms with E-state index in [9.17, 15) is 9.90 Å². The summed E-state index contributed by atoms with van der Waals surface area (Å²) in [6.45, 7) is 7.13. The minimum absolute atomic E-state index is 0.221. The highest BCUT2D eigenvalue weighted by molar-refractivity contribution is 5.91. The summed E-state index contributed by atoms with van der Waals surface area (Å²) in [5, 5.41) is 10.7. The molecule has 1 fully saturated rings. The van der Waals surface area contributed by atoms with Crippen LogP contribution in [0.5, 0.6) is 5.75 Å². The van der Waals surface area contributed by atoms with Crippen molar-refractivity contribution in [3.63, 3.8) is 0 Å². The first kappa shape index (κ1) is 20.4. The van der Waals surface area contributed by atoms with Crippen LogP contribution in [0, 0.1) is 0 Å². The van der Waals surface area contributed by atoms with Crippen molar-refractivity contribution < 1.29 is 14.6 Å². The Morgan fingerprint density at radius 1 is 1.27 bits per heavy atom. The number of rotatable bonds is 6. The van der Waals surface area contributed by atoms with Crippen LogP contribution in [0.15, 0.2) is 42.7 Å². The highest BCUT2D eigenvalue weighted by atomic mass is 16.5. The number of fused-ring (bicyclic) bond motifs is 1. The molecule has 0 unspecified atom stereocenters. The molecule has 1 aliphatic heterocycles. The molecule has 1 N–H and O–H groups in total. The number of nitrogens with zero attached hydrogens (tertiary/aromatic N) is 3. The maximum atomic E-state index is 11.5. The van der Waals surface area contributed by atoms with Crippen LogP contribution < -0.4 is 4.74 Å². The fourth-order valence-corrected chi connectivity index (χ4v) is 4.51. The number of aromatic nitrogens is 2. The van der Waals surface area contributed by atoms with E-state index < -0.39 is 5.97 Å². The molecule has 0 bridgehead atoms. The van der Waals surface area contributed by atoms with Crippen molar-refractivity contribution in [2.45, 2.75) is 45.2 Å². The fraction of sp³-hybridized carbons (Fsp3) is 0.417. The summed E-state index contributed by atoms with van der Waals surface area (Å²) in [7, 11) is 1.50. The third kappa shape index (κ3) is 3.92. The average Bonchev–Trinajstić information content (AvgIpc) is 3.14. The van der Waals surface area contributed by atoms with Crippen LogP contribution in [-0.2, 0) is 6.54 Å². The Hall–Kier alpha value is -2.86. The number of hydrogen-bond acceptors (Lipinski definition) is 4. The van der Waals surface area contributed by atoms with Gasteiger partial charge in [0.15, 0.2) is 0 Å². The van der Waals surface area contributed by atoms with E-state index in [4.69, 9.17) is 4.74 Å². The minimum atomic E-state index is -0.956. The van der Waals surface area contributed by atoms with E-state index in [1.54, 1.807) is 12.1 Å². The van der Waals surface area contributed by atoms with Crippen LogP contribution in [0.3, 0.4) is 0 Å². The number of carboxylic acids is 1. The van der Waals surface area contributed by atoms with Gasteiger partial charge in [-0.3, -0.25) is 4.90 Å². The van der Waals surface area contributed by atoms with E-state index in [2.05, 4.69) is 40.6 Å². The molecule has 0 amide bonds. The van der Waals surface area contributed by atoms with Crippen molar-refractivity contribution >= 4 is 17.0 Å². The maximum absolute atomic E-state index is 11.5. The van der Waals surface area contributed by atoms with Crippen LogP contribution in [0.1, 0.15) is 60.1 Å². The molecule has 3 aromatic rings. The van der Waals surface area contributed by atoms with Gasteiger partial charge in [0, 0.05) is 30.4 Å². The van der Waals surface area contributed by atoms with E-state index >= 15 is 0 Å². The van der Waals surface area contributed by atoms with Gasteiger partial charge in [-0.05, 0) is 81.1 Å². The number of ether oxygens (including phenoxy) is 1. The number of carboxylic acid groups (broad SMARTS) is 1. The maximum Gasteiger partial charge on any atom is 0.339 e. The summed E-state index contributed by atoms with van der Waals surface area (Å²) in [6, 6.07) is 10.0. The summed E-state index contributed by atoms with van der Waals surface area (Å²) < 4.78 is 7.45. The molecule has 3 heterocycles. The van der Waals surface area contributed by atoms with Crippen LogP contribution in [0.2, 0.25) is 0 Å². The van der Waals surface area contributed by atoms with Crippen molar-refractivity contribution in [3.05, 3.63) is 59.4 Å². The van der Waals surface area contributed by atoms with Crippen LogP contribution in [0.25, 0.3) is 11.0 Å². The Labute approximate surface area is 177 Å². The van der Waals surface area contributed by atoms with E-state index in [0.717, 1.165) is 43.7 Å². The minimum Gasteiger partial charge on any atom is -0.496 e. The highest BCUT2D eigenvalue weighted by Crippen LogP contribution is 2.35. The van der Waals surface area contributed by atoms with E-state index in [0.29, 0.717) is 17.7 Å². The number of pyridine rings is 1. The smallest absolute Gasteiger partial charge is 0.339 e. The number of carbonyl (C=O) groups is 1. The highest BCUT2D eigenvalue weighted by Gasteiger charge is 2.25. The summed E-state index contributed by atoms with van der Waals surface area (Å²) in [6.07, 6.45) is 6.35. The van der Waals surface area contributed by atoms with Crippen molar-refractivity contribution in [2.24, 2.45) is 0 Å². The predicted molar refractivity (Wildman–Crippen MR) is 117 cm³/mol. The Morgan fingerprint density at radius 2 is 2.03 bits per heavy atom. The van der Waals surface area contributed by atoms with Gasteiger partial charge in [0.05, 0.1) is 7.11 Å². The van der Waals surface area contributed by atoms with Gasteiger partial charge >= 0.3 is 5.97 Å². The largest absolute Gasteiger partial charge is 0.496 e. The molecule has 0 atom stereocenters. The molecule has 0 spiro atoms. The van der Waals surface area contributed by atoms with Gasteiger partial charge in [0.1, 0.15) is 17.0 Å². The van der Waals surface area contributed by atoms with Gasteiger partial charge in [-0.15, -0.1) is 0 Å². The second-order valence-electron chi connectivity index (χ2n) is 8.35. The number of likely N-dealkylation sites (tertiary alicyclic amines) is 1. The van der Waals surface area contributed by atoms with Crippen molar-refractivity contribution in [3.8, 4) is 5.75 Å². The number of benzene rings is 1. The van der Waals surface area contributed by atoms with Gasteiger partial charge < -0.3 is 14.4 Å². The summed E-state index contributed by atoms with van der Waals surface area (Å²) in [4.78, 5) is 18.5. The molecule has 6 nitrogen and oxygen atoms in total. The lowest BCUT2D eigenvalue weighted by atomic mass is 9.89. The second-order valence-corrected chi connectivity index (χ2v) is 8.35. The molecule has 0 saturated carbocycles. The molecule has 2 aromatic heterocycles. The average molecular weight is 408 g/mol. The molecule has 4 rings (SSSR count). The van der Waals surface area contributed by atoms with Crippen molar-refractivity contribution in [1.29, 1.82) is 0 Å². The zero-order valence-corrected chi connectivity index (χ0v) is 17.8. The zero-order valence-electron chi connectivity index (χ0n) is 17.8. The monoisotopic (exact) mass is 407 g/mol. The number of piperidine rings is 1.